The summed E-state index contributed by atoms with van der Waals surface area (Å²) in [4.78, 5) is 11.5. The molecule has 0 atom stereocenters. The van der Waals surface area contributed by atoms with Crippen molar-refractivity contribution in [3.63, 3.8) is 0 Å². The molecule has 2 N–H and O–H groups in total. The Labute approximate surface area is 60.5 Å². The number of rotatable bonds is 0. The molecule has 0 bridgehead atoms. The topological polar surface area (TPSA) is 64.7 Å². The van der Waals surface area contributed by atoms with Crippen LogP contribution in [0.2, 0.25) is 0 Å². The van der Waals surface area contributed by atoms with Crippen LogP contribution in [0.5, 0.6) is 0 Å². The van der Waals surface area contributed by atoms with Gasteiger partial charge in [0.1, 0.15) is 11.6 Å². The van der Waals surface area contributed by atoms with Gasteiger partial charge in [-0.1, -0.05) is 7.43 Å². The second-order valence-corrected chi connectivity index (χ2v) is 1.79. The SMILES string of the molecule is C.Cc1nc(C)nc(N)n1. The number of aromatic nitrogens is 3. The van der Waals surface area contributed by atoms with Gasteiger partial charge in [0.2, 0.25) is 5.95 Å². The highest BCUT2D eigenvalue weighted by atomic mass is 15.1. The molecule has 10 heavy (non-hydrogen) atoms. The zero-order valence-electron chi connectivity index (χ0n) is 5.42. The van der Waals surface area contributed by atoms with Crippen LogP contribution in [0.4, 0.5) is 5.95 Å². The van der Waals surface area contributed by atoms with Crippen molar-refractivity contribution < 1.29 is 0 Å². The van der Waals surface area contributed by atoms with Crippen LogP contribution in [-0.2, 0) is 0 Å². The van der Waals surface area contributed by atoms with Crippen LogP contribution in [0.15, 0.2) is 0 Å². The first kappa shape index (κ1) is 8.81. The van der Waals surface area contributed by atoms with Gasteiger partial charge in [-0.15, -0.1) is 0 Å². The smallest absolute Gasteiger partial charge is 0.223 e. The maximum Gasteiger partial charge on any atom is 0.223 e. The minimum Gasteiger partial charge on any atom is -0.368 e. The first-order valence-corrected chi connectivity index (χ1v) is 2.63. The largest absolute Gasteiger partial charge is 0.368 e. The molecule has 0 aromatic carbocycles. The summed E-state index contributed by atoms with van der Waals surface area (Å²) in [5.74, 6) is 1.63. The third kappa shape index (κ3) is 1.97. The van der Waals surface area contributed by atoms with Crippen molar-refractivity contribution in [1.29, 1.82) is 0 Å². The molecular formula is C6H12N4. The van der Waals surface area contributed by atoms with Crippen molar-refractivity contribution in [3.05, 3.63) is 11.6 Å². The lowest BCUT2D eigenvalue weighted by molar-refractivity contribution is 0.933. The minimum atomic E-state index is 0. The van der Waals surface area contributed by atoms with E-state index >= 15 is 0 Å². The van der Waals surface area contributed by atoms with Crippen LogP contribution in [-0.4, -0.2) is 15.0 Å². The molecule has 0 aliphatic rings. The van der Waals surface area contributed by atoms with Crippen molar-refractivity contribution >= 4 is 5.95 Å². The van der Waals surface area contributed by atoms with Gasteiger partial charge in [0.25, 0.3) is 0 Å². The summed E-state index contributed by atoms with van der Waals surface area (Å²) in [6.45, 7) is 3.57. The van der Waals surface area contributed by atoms with E-state index in [-0.39, 0.29) is 7.43 Å². The second kappa shape index (κ2) is 3.10. The van der Waals surface area contributed by atoms with Gasteiger partial charge in [-0.05, 0) is 13.8 Å². The highest BCUT2D eigenvalue weighted by Crippen LogP contribution is 1.92. The van der Waals surface area contributed by atoms with Gasteiger partial charge >= 0.3 is 0 Å². The first-order valence-electron chi connectivity index (χ1n) is 2.63. The number of nitrogen functional groups attached to an aromatic ring is 1. The second-order valence-electron chi connectivity index (χ2n) is 1.79. The number of nitrogens with zero attached hydrogens (tertiary/aromatic N) is 3. The standard InChI is InChI=1S/C5H8N4.CH4/c1-3-7-4(2)9-5(6)8-3;/h1-2H3,(H2,6,7,8,9);1H4. The van der Waals surface area contributed by atoms with Gasteiger partial charge in [-0.3, -0.25) is 0 Å². The maximum atomic E-state index is 5.30. The molecule has 1 rings (SSSR count). The lowest BCUT2D eigenvalue weighted by Crippen LogP contribution is -2.01. The fourth-order valence-corrected chi connectivity index (χ4v) is 0.641. The van der Waals surface area contributed by atoms with Crippen LogP contribution in [0.1, 0.15) is 19.1 Å². The summed E-state index contributed by atoms with van der Waals surface area (Å²) < 4.78 is 0. The minimum absolute atomic E-state index is 0. The molecule has 0 radical (unpaired) electrons. The zero-order chi connectivity index (χ0) is 6.85. The molecular weight excluding hydrogens is 128 g/mol. The van der Waals surface area contributed by atoms with Crippen molar-refractivity contribution in [2.24, 2.45) is 0 Å². The summed E-state index contributed by atoms with van der Waals surface area (Å²) in [6, 6.07) is 0. The average Bonchev–Trinajstić information content (AvgIpc) is 1.59. The van der Waals surface area contributed by atoms with Gasteiger partial charge in [0.05, 0.1) is 0 Å². The predicted molar refractivity (Wildman–Crippen MR) is 40.4 cm³/mol. The Hall–Kier alpha value is -1.19. The molecule has 0 fully saturated rings. The normalized spacial score (nSPS) is 8.60. The van der Waals surface area contributed by atoms with Crippen LogP contribution >= 0.6 is 0 Å². The summed E-state index contributed by atoms with van der Waals surface area (Å²) in [6.07, 6.45) is 0. The van der Waals surface area contributed by atoms with Crippen LogP contribution in [0.25, 0.3) is 0 Å². The van der Waals surface area contributed by atoms with Gasteiger partial charge < -0.3 is 5.73 Å². The molecule has 1 aromatic rings. The van der Waals surface area contributed by atoms with Gasteiger partial charge in [-0.2, -0.15) is 9.97 Å². The Bertz CT molecular complexity index is 171. The summed E-state index contributed by atoms with van der Waals surface area (Å²) in [7, 11) is 0. The lowest BCUT2D eigenvalue weighted by atomic mass is 10.6. The number of hydrogen-bond acceptors (Lipinski definition) is 4. The molecule has 4 nitrogen and oxygen atoms in total. The fraction of sp³-hybridized carbons (Fsp3) is 0.500. The molecule has 56 valence electrons. The van der Waals surface area contributed by atoms with E-state index in [1.165, 1.54) is 0 Å². The van der Waals surface area contributed by atoms with Crippen molar-refractivity contribution in [1.82, 2.24) is 15.0 Å². The number of aryl methyl sites for hydroxylation is 2. The van der Waals surface area contributed by atoms with E-state index in [2.05, 4.69) is 15.0 Å². The molecule has 0 aliphatic heterocycles. The van der Waals surface area contributed by atoms with E-state index in [1.807, 2.05) is 0 Å². The van der Waals surface area contributed by atoms with Crippen molar-refractivity contribution in [3.8, 4) is 0 Å². The predicted octanol–water partition coefficient (Wildman–Crippen LogP) is 0.707. The number of hydrogen-bond donors (Lipinski definition) is 1. The molecule has 0 saturated heterocycles. The molecule has 0 aliphatic carbocycles. The summed E-state index contributed by atoms with van der Waals surface area (Å²) >= 11 is 0. The van der Waals surface area contributed by atoms with Crippen LogP contribution in [0, 0.1) is 13.8 Å². The molecule has 1 aromatic heterocycles. The quantitative estimate of drug-likeness (QED) is 0.576. The molecule has 0 unspecified atom stereocenters. The Balaban J connectivity index is 0.000000810. The highest BCUT2D eigenvalue weighted by molar-refractivity contribution is 5.14. The first-order chi connectivity index (χ1) is 4.18. The van der Waals surface area contributed by atoms with Crippen molar-refractivity contribution in [2.75, 3.05) is 5.73 Å². The van der Waals surface area contributed by atoms with Gasteiger partial charge in [-0.25, -0.2) is 4.98 Å². The monoisotopic (exact) mass is 140 g/mol. The molecule has 0 saturated carbocycles. The van der Waals surface area contributed by atoms with E-state index < -0.39 is 0 Å². The summed E-state index contributed by atoms with van der Waals surface area (Å²) in [5.41, 5.74) is 5.30. The fourth-order valence-electron chi connectivity index (χ4n) is 0.641. The van der Waals surface area contributed by atoms with Crippen molar-refractivity contribution in [2.45, 2.75) is 21.3 Å². The Morgan fingerprint density at radius 1 is 1.00 bits per heavy atom. The third-order valence-electron chi connectivity index (χ3n) is 0.876. The van der Waals surface area contributed by atoms with Gasteiger partial charge in [0, 0.05) is 0 Å². The summed E-state index contributed by atoms with van der Waals surface area (Å²) in [5, 5.41) is 0. The highest BCUT2D eigenvalue weighted by Gasteiger charge is 1.92. The molecule has 1 heterocycles. The molecule has 0 amide bonds. The zero-order valence-corrected chi connectivity index (χ0v) is 5.42. The maximum absolute atomic E-state index is 5.30. The van der Waals surface area contributed by atoms with E-state index in [0.717, 1.165) is 0 Å². The Morgan fingerprint density at radius 3 is 1.70 bits per heavy atom. The van der Waals surface area contributed by atoms with Crippen LogP contribution in [0.3, 0.4) is 0 Å². The van der Waals surface area contributed by atoms with Crippen LogP contribution < -0.4 is 5.73 Å². The van der Waals surface area contributed by atoms with E-state index in [1.54, 1.807) is 13.8 Å². The van der Waals surface area contributed by atoms with Gasteiger partial charge in [0.15, 0.2) is 0 Å². The third-order valence-corrected chi connectivity index (χ3v) is 0.876. The molecule has 4 heteroatoms. The van der Waals surface area contributed by atoms with E-state index in [9.17, 15) is 0 Å². The number of nitrogens with two attached hydrogens (primary N) is 1. The number of anilines is 1. The average molecular weight is 140 g/mol. The Morgan fingerprint density at radius 2 is 1.40 bits per heavy atom. The Kier molecular flexibility index (Phi) is 2.73. The van der Waals surface area contributed by atoms with E-state index in [0.29, 0.717) is 17.6 Å². The molecule has 0 spiro atoms. The van der Waals surface area contributed by atoms with E-state index in [4.69, 9.17) is 5.73 Å². The lowest BCUT2D eigenvalue weighted by Gasteiger charge is -1.93.